The van der Waals surface area contributed by atoms with Crippen molar-refractivity contribution in [1.82, 2.24) is 14.6 Å². The van der Waals surface area contributed by atoms with Gasteiger partial charge in [-0.3, -0.25) is 4.72 Å². The fourth-order valence-electron chi connectivity index (χ4n) is 3.72. The second kappa shape index (κ2) is 9.85. The average molecular weight is 534 g/mol. The Hall–Kier alpha value is -3.53. The third-order valence-corrected chi connectivity index (χ3v) is 7.64. The largest absolute Gasteiger partial charge is 0.366 e. The van der Waals surface area contributed by atoms with Crippen LogP contribution in [0, 0.1) is 0 Å². The van der Waals surface area contributed by atoms with Crippen molar-refractivity contribution in [3.63, 3.8) is 0 Å². The molecule has 0 atom stereocenters. The van der Waals surface area contributed by atoms with Gasteiger partial charge in [0.1, 0.15) is 18.6 Å². The van der Waals surface area contributed by atoms with Crippen LogP contribution in [0.4, 0.5) is 11.5 Å². The molecule has 2 radical (unpaired) electrons. The number of nitrogens with zero attached hydrogens (tertiary/aromatic N) is 3. The minimum absolute atomic E-state index is 0.0118. The van der Waals surface area contributed by atoms with Crippen molar-refractivity contribution in [3.05, 3.63) is 101 Å². The topological polar surface area (TPSA) is 88.4 Å². The van der Waals surface area contributed by atoms with Crippen LogP contribution in [0.2, 0.25) is 10.0 Å². The van der Waals surface area contributed by atoms with Crippen molar-refractivity contribution < 1.29 is 8.42 Å². The van der Waals surface area contributed by atoms with E-state index in [0.717, 1.165) is 11.1 Å². The predicted octanol–water partition coefficient (Wildman–Crippen LogP) is 4.91. The first-order valence-electron chi connectivity index (χ1n) is 10.8. The monoisotopic (exact) mass is 533 g/mol. The molecule has 36 heavy (non-hydrogen) atoms. The highest BCUT2D eigenvalue weighted by Gasteiger charge is 2.18. The van der Waals surface area contributed by atoms with Crippen LogP contribution in [-0.4, -0.2) is 30.9 Å². The van der Waals surface area contributed by atoms with Crippen molar-refractivity contribution >= 4 is 63.7 Å². The van der Waals surface area contributed by atoms with Gasteiger partial charge in [0.05, 0.1) is 10.7 Å². The Morgan fingerprint density at radius 2 is 1.67 bits per heavy atom. The summed E-state index contributed by atoms with van der Waals surface area (Å²) in [6.45, 7) is 0.377. The van der Waals surface area contributed by atoms with Crippen LogP contribution in [-0.2, 0) is 16.6 Å². The maximum atomic E-state index is 12.8. The van der Waals surface area contributed by atoms with Gasteiger partial charge in [-0.05, 0) is 41.4 Å². The van der Waals surface area contributed by atoms with Crippen LogP contribution in [0.3, 0.4) is 0 Å². The van der Waals surface area contributed by atoms with E-state index >= 15 is 0 Å². The molecule has 5 aromatic rings. The van der Waals surface area contributed by atoms with E-state index in [-0.39, 0.29) is 9.92 Å². The SMILES string of the molecule is [B]c1cnn2c(NCc3cccc(NS(=O)(=O)c4ccccc4Cl)c3)cc(-c3ccccc3Cl)nc12. The summed E-state index contributed by atoms with van der Waals surface area (Å²) in [6, 6.07) is 22.6. The van der Waals surface area contributed by atoms with Crippen molar-refractivity contribution in [3.8, 4) is 11.3 Å². The molecule has 7 nitrogen and oxygen atoms in total. The minimum atomic E-state index is -3.85. The van der Waals surface area contributed by atoms with Crippen molar-refractivity contribution in [2.24, 2.45) is 0 Å². The van der Waals surface area contributed by atoms with E-state index in [1.54, 1.807) is 40.9 Å². The van der Waals surface area contributed by atoms with Crippen molar-refractivity contribution in [1.29, 1.82) is 0 Å². The lowest BCUT2D eigenvalue weighted by atomic mass is 10.0. The maximum absolute atomic E-state index is 12.8. The number of rotatable bonds is 7. The van der Waals surface area contributed by atoms with Gasteiger partial charge in [0.2, 0.25) is 0 Å². The highest BCUT2D eigenvalue weighted by Crippen LogP contribution is 2.29. The molecule has 2 aromatic heterocycles. The van der Waals surface area contributed by atoms with E-state index in [2.05, 4.69) is 20.1 Å². The molecule has 0 unspecified atom stereocenters. The Kier molecular flexibility index (Phi) is 6.62. The van der Waals surface area contributed by atoms with Crippen LogP contribution < -0.4 is 15.5 Å². The molecule has 0 saturated carbocycles. The van der Waals surface area contributed by atoms with Gasteiger partial charge in [0.15, 0.2) is 5.65 Å². The summed E-state index contributed by atoms with van der Waals surface area (Å²) in [7, 11) is 2.25. The third-order valence-electron chi connectivity index (χ3n) is 5.43. The number of fused-ring (bicyclic) bond motifs is 1. The second-order valence-electron chi connectivity index (χ2n) is 7.93. The molecular formula is C25H18BCl2N5O2S. The summed E-state index contributed by atoms with van der Waals surface area (Å²) in [6.07, 6.45) is 1.54. The summed E-state index contributed by atoms with van der Waals surface area (Å²) in [5.41, 5.74) is 3.58. The second-order valence-corrected chi connectivity index (χ2v) is 10.4. The van der Waals surface area contributed by atoms with Gasteiger partial charge in [-0.25, -0.2) is 13.4 Å². The first kappa shape index (κ1) is 24.2. The first-order valence-corrected chi connectivity index (χ1v) is 13.0. The van der Waals surface area contributed by atoms with Crippen LogP contribution in [0.25, 0.3) is 16.9 Å². The van der Waals surface area contributed by atoms with E-state index in [1.165, 1.54) is 18.3 Å². The van der Waals surface area contributed by atoms with Gasteiger partial charge in [0.25, 0.3) is 10.0 Å². The molecule has 2 heterocycles. The molecule has 0 aliphatic rings. The fraction of sp³-hybridized carbons (Fsp3) is 0.0400. The normalized spacial score (nSPS) is 11.5. The molecule has 5 rings (SSSR count). The minimum Gasteiger partial charge on any atom is -0.366 e. The highest BCUT2D eigenvalue weighted by atomic mass is 35.5. The van der Waals surface area contributed by atoms with Gasteiger partial charge in [-0.1, -0.05) is 65.7 Å². The zero-order chi connectivity index (χ0) is 25.3. The van der Waals surface area contributed by atoms with Crippen LogP contribution in [0.5, 0.6) is 0 Å². The predicted molar refractivity (Wildman–Crippen MR) is 145 cm³/mol. The number of anilines is 2. The van der Waals surface area contributed by atoms with E-state index in [1.807, 2.05) is 30.3 Å². The third kappa shape index (κ3) is 4.90. The molecule has 0 saturated heterocycles. The van der Waals surface area contributed by atoms with E-state index in [0.29, 0.717) is 39.9 Å². The molecule has 0 bridgehead atoms. The van der Waals surface area contributed by atoms with Crippen LogP contribution in [0.1, 0.15) is 5.56 Å². The summed E-state index contributed by atoms with van der Waals surface area (Å²) in [5.74, 6) is 0.647. The number of nitrogens with one attached hydrogen (secondary N) is 2. The maximum Gasteiger partial charge on any atom is 0.263 e. The molecule has 3 aromatic carbocycles. The lowest BCUT2D eigenvalue weighted by Gasteiger charge is -2.13. The zero-order valence-electron chi connectivity index (χ0n) is 18.7. The number of halogens is 2. The lowest BCUT2D eigenvalue weighted by Crippen LogP contribution is -2.14. The quantitative estimate of drug-likeness (QED) is 0.290. The number of hydrogen-bond donors (Lipinski definition) is 2. The van der Waals surface area contributed by atoms with Crippen molar-refractivity contribution in [2.45, 2.75) is 11.4 Å². The van der Waals surface area contributed by atoms with Gasteiger partial charge >= 0.3 is 0 Å². The summed E-state index contributed by atoms with van der Waals surface area (Å²) < 4.78 is 29.8. The van der Waals surface area contributed by atoms with Gasteiger partial charge < -0.3 is 5.32 Å². The van der Waals surface area contributed by atoms with E-state index in [4.69, 9.17) is 31.0 Å². The van der Waals surface area contributed by atoms with Crippen LogP contribution >= 0.6 is 23.2 Å². The lowest BCUT2D eigenvalue weighted by molar-refractivity contribution is 0.601. The van der Waals surface area contributed by atoms with Gasteiger partial charge in [0, 0.05) is 35.1 Å². The molecule has 0 fully saturated rings. The average Bonchev–Trinajstić information content (AvgIpc) is 3.23. The van der Waals surface area contributed by atoms with E-state index < -0.39 is 10.0 Å². The Morgan fingerprint density at radius 1 is 0.917 bits per heavy atom. The Labute approximate surface area is 219 Å². The summed E-state index contributed by atoms with van der Waals surface area (Å²) in [4.78, 5) is 4.65. The first-order chi connectivity index (χ1) is 17.3. The molecule has 11 heteroatoms. The van der Waals surface area contributed by atoms with E-state index in [9.17, 15) is 8.42 Å². The number of benzene rings is 3. The highest BCUT2D eigenvalue weighted by molar-refractivity contribution is 7.92. The molecule has 0 amide bonds. The molecular weight excluding hydrogens is 516 g/mol. The number of hydrogen-bond acceptors (Lipinski definition) is 5. The summed E-state index contributed by atoms with van der Waals surface area (Å²) >= 11 is 12.5. The van der Waals surface area contributed by atoms with Gasteiger partial charge in [-0.2, -0.15) is 9.61 Å². The smallest absolute Gasteiger partial charge is 0.263 e. The van der Waals surface area contributed by atoms with Crippen LogP contribution in [0.15, 0.2) is 90.0 Å². The van der Waals surface area contributed by atoms with Crippen molar-refractivity contribution in [2.75, 3.05) is 10.0 Å². The molecule has 0 aliphatic heterocycles. The molecule has 0 spiro atoms. The zero-order valence-corrected chi connectivity index (χ0v) is 21.0. The Bertz CT molecular complexity index is 1690. The molecule has 2 N–H and O–H groups in total. The standard InChI is InChI=1S/C25H18BCl2N5O2S/c26-19-15-30-33-24(13-22(31-25(19)33)18-8-1-2-9-20(18)27)29-14-16-6-5-7-17(12-16)32-36(34,35)23-11-4-3-10-21(23)28/h1-13,15,29,32H,14H2. The Balaban J connectivity index is 1.42. The molecule has 178 valence electrons. The number of sulfonamides is 1. The molecule has 0 aliphatic carbocycles. The fourth-order valence-corrected chi connectivity index (χ4v) is 5.53. The number of aromatic nitrogens is 3. The summed E-state index contributed by atoms with van der Waals surface area (Å²) in [5, 5.41) is 8.38. The van der Waals surface area contributed by atoms with Gasteiger partial charge in [-0.15, -0.1) is 0 Å². The Morgan fingerprint density at radius 3 is 2.44 bits per heavy atom.